The predicted octanol–water partition coefficient (Wildman–Crippen LogP) is 2.96. The molecular weight excluding hydrogens is 402 g/mol. The van der Waals surface area contributed by atoms with E-state index < -0.39 is 0 Å². The Morgan fingerprint density at radius 3 is 2.72 bits per heavy atom. The normalized spacial score (nSPS) is 19.2. The highest BCUT2D eigenvalue weighted by atomic mass is 16.5. The highest BCUT2D eigenvalue weighted by Gasteiger charge is 2.25. The lowest BCUT2D eigenvalue weighted by molar-refractivity contribution is 0.232. The van der Waals surface area contributed by atoms with E-state index >= 15 is 0 Å². The van der Waals surface area contributed by atoms with E-state index in [4.69, 9.17) is 14.5 Å². The zero-order chi connectivity index (χ0) is 22.3. The number of aromatic nitrogens is 1. The number of aliphatic imine (C=N–C) groups is 1. The van der Waals surface area contributed by atoms with E-state index in [1.54, 1.807) is 14.2 Å². The van der Waals surface area contributed by atoms with Crippen LogP contribution in [-0.4, -0.2) is 67.2 Å². The van der Waals surface area contributed by atoms with Gasteiger partial charge in [0.25, 0.3) is 0 Å². The minimum atomic E-state index is 0.222. The smallest absolute Gasteiger partial charge is 0.148 e. The van der Waals surface area contributed by atoms with Gasteiger partial charge in [-0.3, -0.25) is 14.8 Å². The average molecular weight is 432 g/mol. The van der Waals surface area contributed by atoms with Gasteiger partial charge in [-0.1, -0.05) is 5.92 Å². The maximum Gasteiger partial charge on any atom is 0.148 e. The van der Waals surface area contributed by atoms with E-state index in [2.05, 4.69) is 39.0 Å². The van der Waals surface area contributed by atoms with Crippen LogP contribution in [0.1, 0.15) is 30.9 Å². The lowest BCUT2D eigenvalue weighted by atomic mass is 10.1. The fraction of sp³-hybridized carbons (Fsp3) is 0.400. The highest BCUT2D eigenvalue weighted by molar-refractivity contribution is 6.06. The van der Waals surface area contributed by atoms with Crippen molar-refractivity contribution < 1.29 is 9.47 Å². The summed E-state index contributed by atoms with van der Waals surface area (Å²) in [6, 6.07) is 9.15. The molecule has 1 atom stereocenters. The van der Waals surface area contributed by atoms with Crippen LogP contribution in [0, 0.1) is 23.8 Å². The SMILES string of the molecule is CC#CCN1CCC[C@H](N=C2c3c[nH]cc3NCN2C#Cc2cc(OC)cc(OC)c2)C1. The van der Waals surface area contributed by atoms with Crippen molar-refractivity contribution in [3.05, 3.63) is 41.7 Å². The number of hydrogen-bond acceptors (Lipinski definition) is 5. The molecule has 0 bridgehead atoms. The third-order valence-corrected chi connectivity index (χ3v) is 5.62. The first-order valence-electron chi connectivity index (χ1n) is 10.8. The average Bonchev–Trinajstić information content (AvgIpc) is 3.31. The monoisotopic (exact) mass is 431 g/mol. The first-order valence-corrected chi connectivity index (χ1v) is 10.8. The summed E-state index contributed by atoms with van der Waals surface area (Å²) >= 11 is 0. The van der Waals surface area contributed by atoms with Crippen LogP contribution in [0.25, 0.3) is 0 Å². The number of hydrogen-bond donors (Lipinski definition) is 2. The van der Waals surface area contributed by atoms with Crippen LogP contribution in [0.15, 0.2) is 35.6 Å². The van der Waals surface area contributed by atoms with Crippen LogP contribution in [0.3, 0.4) is 0 Å². The standard InChI is InChI=1S/C25H29N5O2/c1-4-5-9-29-10-6-7-20(17-29)28-25-23-15-26-16-24(23)27-18-30(25)11-8-19-12-21(31-2)14-22(13-19)32-3/h12-16,20,26-27H,6-7,9-10,17-18H2,1-3H3/t20-/m0/s1. The zero-order valence-corrected chi connectivity index (χ0v) is 18.9. The molecule has 2 N–H and O–H groups in total. The predicted molar refractivity (Wildman–Crippen MR) is 127 cm³/mol. The van der Waals surface area contributed by atoms with Crippen molar-refractivity contribution >= 4 is 11.5 Å². The number of ether oxygens (including phenoxy) is 2. The number of likely N-dealkylation sites (tertiary alicyclic amines) is 1. The van der Waals surface area contributed by atoms with Crippen molar-refractivity contribution in [3.8, 4) is 35.3 Å². The fourth-order valence-electron chi connectivity index (χ4n) is 3.97. The van der Waals surface area contributed by atoms with Gasteiger partial charge in [-0.05, 0) is 44.4 Å². The molecule has 2 aliphatic rings. The molecule has 4 rings (SSSR count). The quantitative estimate of drug-likeness (QED) is 0.729. The second-order valence-corrected chi connectivity index (χ2v) is 7.79. The lowest BCUT2D eigenvalue weighted by Crippen LogP contribution is -2.41. The van der Waals surface area contributed by atoms with Gasteiger partial charge < -0.3 is 19.8 Å². The summed E-state index contributed by atoms with van der Waals surface area (Å²) in [5.74, 6) is 11.7. The van der Waals surface area contributed by atoms with Gasteiger partial charge in [-0.25, -0.2) is 0 Å². The van der Waals surface area contributed by atoms with Crippen molar-refractivity contribution in [2.45, 2.75) is 25.8 Å². The molecule has 0 unspecified atom stereocenters. The minimum Gasteiger partial charge on any atom is -0.497 e. The molecule has 2 aliphatic heterocycles. The molecule has 7 heteroatoms. The highest BCUT2D eigenvalue weighted by Crippen LogP contribution is 2.25. The summed E-state index contributed by atoms with van der Waals surface area (Å²) < 4.78 is 10.7. The molecule has 7 nitrogen and oxygen atoms in total. The number of nitrogens with one attached hydrogen (secondary N) is 2. The number of anilines is 1. The van der Waals surface area contributed by atoms with Gasteiger partial charge in [-0.15, -0.1) is 5.92 Å². The first kappa shape index (κ1) is 21.7. The number of nitrogens with zero attached hydrogens (tertiary/aromatic N) is 3. The largest absolute Gasteiger partial charge is 0.497 e. The van der Waals surface area contributed by atoms with Crippen LogP contribution in [0.5, 0.6) is 11.5 Å². The molecule has 166 valence electrons. The van der Waals surface area contributed by atoms with E-state index in [9.17, 15) is 0 Å². The molecule has 0 amide bonds. The molecule has 2 aromatic rings. The van der Waals surface area contributed by atoms with E-state index in [0.29, 0.717) is 18.2 Å². The van der Waals surface area contributed by atoms with Gasteiger partial charge in [0.15, 0.2) is 0 Å². The van der Waals surface area contributed by atoms with Crippen molar-refractivity contribution in [2.24, 2.45) is 4.99 Å². The maximum atomic E-state index is 5.37. The Morgan fingerprint density at radius 2 is 1.97 bits per heavy atom. The molecule has 1 fully saturated rings. The van der Waals surface area contributed by atoms with E-state index in [1.807, 2.05) is 42.4 Å². The van der Waals surface area contributed by atoms with Gasteiger partial charge in [0, 0.05) is 36.6 Å². The summed E-state index contributed by atoms with van der Waals surface area (Å²) in [7, 11) is 3.27. The number of rotatable bonds is 4. The van der Waals surface area contributed by atoms with Gasteiger partial charge in [-0.2, -0.15) is 0 Å². The maximum absolute atomic E-state index is 5.37. The number of amidine groups is 1. The molecule has 1 saturated heterocycles. The fourth-order valence-corrected chi connectivity index (χ4v) is 3.97. The molecule has 0 saturated carbocycles. The van der Waals surface area contributed by atoms with Crippen molar-refractivity contribution in [1.29, 1.82) is 0 Å². The molecule has 1 aromatic carbocycles. The van der Waals surface area contributed by atoms with Crippen molar-refractivity contribution in [3.63, 3.8) is 0 Å². The third-order valence-electron chi connectivity index (χ3n) is 5.62. The summed E-state index contributed by atoms with van der Waals surface area (Å²) in [4.78, 5) is 12.7. The topological polar surface area (TPSA) is 65.1 Å². The van der Waals surface area contributed by atoms with Gasteiger partial charge >= 0.3 is 0 Å². The Balaban J connectivity index is 1.62. The molecule has 3 heterocycles. The van der Waals surface area contributed by atoms with Crippen molar-refractivity contribution in [1.82, 2.24) is 14.8 Å². The van der Waals surface area contributed by atoms with Crippen LogP contribution < -0.4 is 14.8 Å². The second-order valence-electron chi connectivity index (χ2n) is 7.79. The van der Waals surface area contributed by atoms with Crippen LogP contribution >= 0.6 is 0 Å². The molecule has 0 radical (unpaired) electrons. The molecular formula is C25H29N5O2. The summed E-state index contributed by atoms with van der Waals surface area (Å²) in [5.41, 5.74) is 2.91. The van der Waals surface area contributed by atoms with Crippen LogP contribution in [-0.2, 0) is 0 Å². The third kappa shape index (κ3) is 5.01. The molecule has 0 aliphatic carbocycles. The Hall–Kier alpha value is -3.55. The van der Waals surface area contributed by atoms with Crippen molar-refractivity contribution in [2.75, 3.05) is 45.8 Å². The first-order chi connectivity index (χ1) is 15.7. The summed E-state index contributed by atoms with van der Waals surface area (Å²) in [6.07, 6.45) is 6.14. The minimum absolute atomic E-state index is 0.222. The number of fused-ring (bicyclic) bond motifs is 1. The van der Waals surface area contributed by atoms with E-state index in [1.165, 1.54) is 0 Å². The molecule has 32 heavy (non-hydrogen) atoms. The van der Waals surface area contributed by atoms with Gasteiger partial charge in [0.1, 0.15) is 24.0 Å². The number of aromatic amines is 1. The number of benzene rings is 1. The van der Waals surface area contributed by atoms with E-state index in [0.717, 1.165) is 55.1 Å². The van der Waals surface area contributed by atoms with Crippen LogP contribution in [0.2, 0.25) is 0 Å². The summed E-state index contributed by atoms with van der Waals surface area (Å²) in [5, 5.41) is 3.41. The Labute approximate surface area is 189 Å². The number of H-pyrrole nitrogens is 1. The number of piperidine rings is 1. The lowest BCUT2D eigenvalue weighted by Gasteiger charge is -2.32. The number of methoxy groups -OCH3 is 2. The van der Waals surface area contributed by atoms with Crippen LogP contribution in [0.4, 0.5) is 5.69 Å². The molecule has 1 aromatic heterocycles. The molecule has 0 spiro atoms. The van der Waals surface area contributed by atoms with Gasteiger partial charge in [0.05, 0.1) is 38.1 Å². The van der Waals surface area contributed by atoms with Gasteiger partial charge in [0.2, 0.25) is 0 Å². The summed E-state index contributed by atoms with van der Waals surface area (Å²) in [6.45, 7) is 5.25. The van der Waals surface area contributed by atoms with E-state index in [-0.39, 0.29) is 6.04 Å². The zero-order valence-electron chi connectivity index (χ0n) is 18.9. The Kier molecular flexibility index (Phi) is 6.89. The Bertz CT molecular complexity index is 1080. The second kappa shape index (κ2) is 10.2. The Morgan fingerprint density at radius 1 is 1.16 bits per heavy atom.